The number of anilines is 3. The van der Waals surface area contributed by atoms with Gasteiger partial charge in [0.1, 0.15) is 0 Å². The van der Waals surface area contributed by atoms with Crippen molar-refractivity contribution in [3.05, 3.63) is 205 Å². The lowest BCUT2D eigenvalue weighted by Gasteiger charge is -2.32. The number of pyridine rings is 1. The number of hydrogen-bond acceptors (Lipinski definition) is 3. The molecule has 0 aliphatic heterocycles. The lowest BCUT2D eigenvalue weighted by atomic mass is 9.70. The van der Waals surface area contributed by atoms with Crippen LogP contribution >= 0.6 is 11.3 Å². The molecule has 0 fully saturated rings. The number of fused-ring (bicyclic) bond motifs is 13. The van der Waals surface area contributed by atoms with E-state index in [-0.39, 0.29) is 0 Å². The Morgan fingerprint density at radius 1 is 0.451 bits per heavy atom. The molecule has 0 radical (unpaired) electrons. The van der Waals surface area contributed by atoms with Crippen LogP contribution in [0.5, 0.6) is 0 Å². The second-order valence-corrected chi connectivity index (χ2v) is 14.6. The van der Waals surface area contributed by atoms with E-state index in [4.69, 9.17) is 0 Å². The van der Waals surface area contributed by atoms with Gasteiger partial charge in [-0.3, -0.25) is 4.98 Å². The molecule has 0 saturated heterocycles. The van der Waals surface area contributed by atoms with Crippen LogP contribution in [0.2, 0.25) is 0 Å². The summed E-state index contributed by atoms with van der Waals surface area (Å²) in [6.07, 6.45) is 3.91. The summed E-state index contributed by atoms with van der Waals surface area (Å²) < 4.78 is 2.45. The minimum absolute atomic E-state index is 0.412. The van der Waals surface area contributed by atoms with Gasteiger partial charge in [-0.1, -0.05) is 127 Å². The third-order valence-corrected chi connectivity index (χ3v) is 12.1. The van der Waals surface area contributed by atoms with Gasteiger partial charge in [0.2, 0.25) is 0 Å². The first-order chi connectivity index (χ1) is 25.3. The van der Waals surface area contributed by atoms with Crippen molar-refractivity contribution in [1.29, 1.82) is 0 Å². The minimum Gasteiger partial charge on any atom is -0.310 e. The predicted molar refractivity (Wildman–Crippen MR) is 214 cm³/mol. The van der Waals surface area contributed by atoms with Gasteiger partial charge in [-0.25, -0.2) is 0 Å². The number of nitrogens with zero attached hydrogens (tertiary/aromatic N) is 2. The average Bonchev–Trinajstić information content (AvgIpc) is 3.83. The first kappa shape index (κ1) is 28.5. The second kappa shape index (κ2) is 10.9. The van der Waals surface area contributed by atoms with E-state index in [1.165, 1.54) is 75.8 Å². The van der Waals surface area contributed by atoms with Gasteiger partial charge >= 0.3 is 0 Å². The van der Waals surface area contributed by atoms with E-state index in [0.717, 1.165) is 17.1 Å². The molecule has 2 heterocycles. The van der Waals surface area contributed by atoms with Crippen molar-refractivity contribution >= 4 is 48.6 Å². The molecule has 0 N–H and O–H groups in total. The van der Waals surface area contributed by atoms with Crippen LogP contribution in [0.15, 0.2) is 182 Å². The molecule has 9 aromatic rings. The maximum atomic E-state index is 4.47. The fraction of sp³-hybridized carbons (Fsp3) is 0.0208. The van der Waals surface area contributed by atoms with Gasteiger partial charge in [0.15, 0.2) is 0 Å². The van der Waals surface area contributed by atoms with Crippen molar-refractivity contribution in [1.82, 2.24) is 4.98 Å². The predicted octanol–water partition coefficient (Wildman–Crippen LogP) is 12.9. The third kappa shape index (κ3) is 3.95. The lowest BCUT2D eigenvalue weighted by Crippen LogP contribution is -2.26. The fourth-order valence-corrected chi connectivity index (χ4v) is 10.0. The van der Waals surface area contributed by atoms with Gasteiger partial charge in [-0.05, 0) is 98.1 Å². The van der Waals surface area contributed by atoms with Crippen LogP contribution in [-0.4, -0.2) is 4.98 Å². The molecule has 0 unspecified atom stereocenters. The van der Waals surface area contributed by atoms with Gasteiger partial charge in [0.05, 0.1) is 15.8 Å². The topological polar surface area (TPSA) is 16.1 Å². The molecule has 0 amide bonds. The number of thiophene rings is 1. The van der Waals surface area contributed by atoms with Crippen LogP contribution < -0.4 is 4.90 Å². The van der Waals surface area contributed by atoms with Gasteiger partial charge in [0, 0.05) is 39.2 Å². The van der Waals surface area contributed by atoms with E-state index in [0.29, 0.717) is 0 Å². The summed E-state index contributed by atoms with van der Waals surface area (Å²) in [5, 5.41) is 2.48. The van der Waals surface area contributed by atoms with Crippen LogP contribution in [0, 0.1) is 0 Å². The molecule has 1 spiro atoms. The zero-order valence-electron chi connectivity index (χ0n) is 27.6. The van der Waals surface area contributed by atoms with Gasteiger partial charge in [0.25, 0.3) is 0 Å². The molecule has 11 rings (SSSR count). The Bertz CT molecular complexity index is 2750. The zero-order chi connectivity index (χ0) is 33.5. The third-order valence-electron chi connectivity index (χ3n) is 11.0. The summed E-state index contributed by atoms with van der Waals surface area (Å²) in [7, 11) is 0. The van der Waals surface area contributed by atoms with Gasteiger partial charge in [-0.15, -0.1) is 11.3 Å². The van der Waals surface area contributed by atoms with Gasteiger partial charge in [-0.2, -0.15) is 0 Å². The van der Waals surface area contributed by atoms with Crippen molar-refractivity contribution < 1.29 is 0 Å². The highest BCUT2D eigenvalue weighted by Crippen LogP contribution is 2.63. The van der Waals surface area contributed by atoms with Crippen LogP contribution in [0.3, 0.4) is 0 Å². The molecule has 0 bridgehead atoms. The van der Waals surface area contributed by atoms with Crippen LogP contribution in [0.25, 0.3) is 53.6 Å². The summed E-state index contributed by atoms with van der Waals surface area (Å²) in [6, 6.07) is 62.8. The van der Waals surface area contributed by atoms with E-state index in [2.05, 4.69) is 180 Å². The van der Waals surface area contributed by atoms with E-state index in [9.17, 15) is 0 Å². The van der Waals surface area contributed by atoms with Crippen LogP contribution in [0.1, 0.15) is 22.3 Å². The summed E-state index contributed by atoms with van der Waals surface area (Å²) in [6.45, 7) is 0. The highest BCUT2D eigenvalue weighted by atomic mass is 32.1. The zero-order valence-corrected chi connectivity index (χ0v) is 28.4. The Hall–Kier alpha value is -6.29. The first-order valence-electron chi connectivity index (χ1n) is 17.5. The Balaban J connectivity index is 1.20. The Kier molecular flexibility index (Phi) is 6.07. The molecule has 51 heavy (non-hydrogen) atoms. The van der Waals surface area contributed by atoms with E-state index < -0.39 is 5.41 Å². The molecule has 2 aliphatic rings. The fourth-order valence-electron chi connectivity index (χ4n) is 8.93. The maximum Gasteiger partial charge on any atom is 0.0726 e. The molecular weight excluding hydrogens is 637 g/mol. The summed E-state index contributed by atoms with van der Waals surface area (Å²) in [5.41, 5.74) is 16.0. The van der Waals surface area contributed by atoms with E-state index in [1.807, 2.05) is 12.4 Å². The molecule has 238 valence electrons. The number of benzene rings is 7. The first-order valence-corrected chi connectivity index (χ1v) is 18.3. The quantitative estimate of drug-likeness (QED) is 0.186. The van der Waals surface area contributed by atoms with Crippen molar-refractivity contribution in [2.75, 3.05) is 4.90 Å². The molecule has 0 atom stereocenters. The molecule has 7 aromatic carbocycles. The Morgan fingerprint density at radius 3 is 1.73 bits per heavy atom. The van der Waals surface area contributed by atoms with Gasteiger partial charge < -0.3 is 4.90 Å². The molecular formula is C48H30N2S. The second-order valence-electron chi connectivity index (χ2n) is 13.5. The van der Waals surface area contributed by atoms with Crippen molar-refractivity contribution in [3.8, 4) is 33.4 Å². The largest absolute Gasteiger partial charge is 0.310 e. The molecule has 0 saturated carbocycles. The highest BCUT2D eigenvalue weighted by Gasteiger charge is 2.51. The number of aromatic nitrogens is 1. The number of rotatable bonds is 4. The van der Waals surface area contributed by atoms with Crippen LogP contribution in [-0.2, 0) is 5.41 Å². The van der Waals surface area contributed by atoms with Crippen LogP contribution in [0.4, 0.5) is 17.1 Å². The van der Waals surface area contributed by atoms with Crippen molar-refractivity contribution in [2.24, 2.45) is 0 Å². The maximum absolute atomic E-state index is 4.47. The van der Waals surface area contributed by atoms with Crippen molar-refractivity contribution in [2.45, 2.75) is 5.41 Å². The monoisotopic (exact) mass is 666 g/mol. The van der Waals surface area contributed by atoms with E-state index in [1.54, 1.807) is 11.3 Å². The Morgan fingerprint density at radius 2 is 1.04 bits per heavy atom. The summed E-state index contributed by atoms with van der Waals surface area (Å²) >= 11 is 1.81. The highest BCUT2D eigenvalue weighted by molar-refractivity contribution is 7.25. The SMILES string of the molecule is c1ccc(-c2ccc(N(c3ccc4c(c3)C3(c5ccccc5-c5ccccc53)c3ccccc3-4)c3cccc4sc5cnccc5c34)cc2)cc1. The average molecular weight is 667 g/mol. The molecule has 2 nitrogen and oxygen atoms in total. The normalized spacial score (nSPS) is 13.3. The standard InChI is InChI=1S/C48H30N2S/c1-2-11-31(12-3-1)32-21-23-33(24-22-32)50(44-19-10-20-45-47(44)39-27-28-49-30-46(39)51-45)34-25-26-38-37-15-6-9-18-42(37)48(43(38)29-34)40-16-7-4-13-35(40)36-14-5-8-17-41(36)48/h1-30H. The minimum atomic E-state index is -0.412. The lowest BCUT2D eigenvalue weighted by molar-refractivity contribution is 0.793. The number of hydrogen-bond donors (Lipinski definition) is 0. The smallest absolute Gasteiger partial charge is 0.0726 e. The van der Waals surface area contributed by atoms with E-state index >= 15 is 0 Å². The summed E-state index contributed by atoms with van der Waals surface area (Å²) in [5.74, 6) is 0. The van der Waals surface area contributed by atoms with Crippen molar-refractivity contribution in [3.63, 3.8) is 0 Å². The molecule has 2 aromatic heterocycles. The summed E-state index contributed by atoms with van der Waals surface area (Å²) in [4.78, 5) is 6.94. The molecule has 2 aliphatic carbocycles. The molecule has 3 heteroatoms. The Labute approximate surface area is 300 Å².